The fraction of sp³-hybridized carbons (Fsp3) is 0.647. The molecule has 0 radical (unpaired) electrons. The molecule has 0 aromatic heterocycles. The minimum atomic E-state index is -0.157. The van der Waals surface area contributed by atoms with Gasteiger partial charge in [0, 0.05) is 31.1 Å². The molecule has 4 N–H and O–H groups in total. The Kier molecular flexibility index (Phi) is 5.25. The number of rotatable bonds is 6. The topological polar surface area (TPSA) is 75.7 Å². The molecule has 1 aliphatic carbocycles. The van der Waals surface area contributed by atoms with Gasteiger partial charge in [-0.3, -0.25) is 0 Å². The average Bonchev–Trinajstić information content (AvgIpc) is 2.49. The number of fused-ring (bicyclic) bond motifs is 1. The minimum absolute atomic E-state index is 0.0338. The van der Waals surface area contributed by atoms with Gasteiger partial charge in [-0.1, -0.05) is 19.9 Å². The van der Waals surface area contributed by atoms with Crippen LogP contribution in [-0.4, -0.2) is 35.6 Å². The molecule has 0 heterocycles. The van der Waals surface area contributed by atoms with E-state index in [9.17, 15) is 5.11 Å². The highest BCUT2D eigenvalue weighted by atomic mass is 16.5. The van der Waals surface area contributed by atoms with E-state index in [0.717, 1.165) is 19.3 Å². The Morgan fingerprint density at radius 3 is 2.67 bits per heavy atom. The van der Waals surface area contributed by atoms with Gasteiger partial charge in [-0.05, 0) is 42.5 Å². The predicted octanol–water partition coefficient (Wildman–Crippen LogP) is 2.10. The second-order valence-corrected chi connectivity index (χ2v) is 5.92. The Hall–Kier alpha value is -1.10. The van der Waals surface area contributed by atoms with E-state index in [1.54, 1.807) is 6.07 Å². The number of phenols is 1. The van der Waals surface area contributed by atoms with Gasteiger partial charge in [0.1, 0.15) is 5.75 Å². The van der Waals surface area contributed by atoms with Crippen LogP contribution in [0.5, 0.6) is 5.75 Å². The Morgan fingerprint density at radius 1 is 1.33 bits per heavy atom. The molecular weight excluding hydrogens is 266 g/mol. The molecule has 0 amide bonds. The quantitative estimate of drug-likeness (QED) is 0.702. The minimum Gasteiger partial charge on any atom is -0.508 e. The van der Waals surface area contributed by atoms with Crippen molar-refractivity contribution in [2.75, 3.05) is 13.2 Å². The molecule has 1 aliphatic rings. The summed E-state index contributed by atoms with van der Waals surface area (Å²) in [5, 5.41) is 18.7. The zero-order valence-electron chi connectivity index (χ0n) is 13.0. The maximum Gasteiger partial charge on any atom is 0.115 e. The molecule has 4 nitrogen and oxygen atoms in total. The van der Waals surface area contributed by atoms with Crippen LogP contribution < -0.4 is 5.73 Å². The van der Waals surface area contributed by atoms with Crippen LogP contribution in [0.15, 0.2) is 18.2 Å². The third-order valence-corrected chi connectivity index (χ3v) is 4.99. The van der Waals surface area contributed by atoms with Crippen LogP contribution >= 0.6 is 0 Å². The van der Waals surface area contributed by atoms with Gasteiger partial charge in [0.15, 0.2) is 0 Å². The molecule has 0 unspecified atom stereocenters. The largest absolute Gasteiger partial charge is 0.508 e. The molecule has 118 valence electrons. The number of nitrogens with two attached hydrogens (primary N) is 1. The summed E-state index contributed by atoms with van der Waals surface area (Å²) in [5.41, 5.74) is 8.78. The Bertz CT molecular complexity index is 471. The van der Waals surface area contributed by atoms with Crippen molar-refractivity contribution >= 4 is 0 Å². The maximum absolute atomic E-state index is 9.84. The molecule has 1 aromatic carbocycles. The summed E-state index contributed by atoms with van der Waals surface area (Å²) in [6, 6.07) is 5.49. The first-order valence-corrected chi connectivity index (χ1v) is 7.89. The van der Waals surface area contributed by atoms with E-state index in [0.29, 0.717) is 18.8 Å². The van der Waals surface area contributed by atoms with Gasteiger partial charge in [0.2, 0.25) is 0 Å². The second kappa shape index (κ2) is 6.77. The van der Waals surface area contributed by atoms with E-state index in [-0.39, 0.29) is 24.2 Å². The third-order valence-electron chi connectivity index (χ3n) is 4.99. The first-order chi connectivity index (χ1) is 10.1. The van der Waals surface area contributed by atoms with E-state index in [2.05, 4.69) is 13.8 Å². The van der Waals surface area contributed by atoms with Crippen molar-refractivity contribution in [2.24, 2.45) is 5.73 Å². The molecule has 1 aromatic rings. The Morgan fingerprint density at radius 2 is 2.05 bits per heavy atom. The van der Waals surface area contributed by atoms with Crippen molar-refractivity contribution in [3.8, 4) is 5.75 Å². The molecule has 0 bridgehead atoms. The van der Waals surface area contributed by atoms with Gasteiger partial charge in [-0.25, -0.2) is 0 Å². The summed E-state index contributed by atoms with van der Waals surface area (Å²) in [7, 11) is 0. The highest BCUT2D eigenvalue weighted by Crippen LogP contribution is 2.43. The molecule has 0 saturated heterocycles. The summed E-state index contributed by atoms with van der Waals surface area (Å²) in [6.07, 6.45) is 3.21. The summed E-state index contributed by atoms with van der Waals surface area (Å²) >= 11 is 0. The normalized spacial score (nSPS) is 23.8. The number of ether oxygens (including phenoxy) is 1. The lowest BCUT2D eigenvalue weighted by Crippen LogP contribution is -2.57. The highest BCUT2D eigenvalue weighted by molar-refractivity contribution is 5.44. The van der Waals surface area contributed by atoms with Gasteiger partial charge in [0.25, 0.3) is 0 Å². The van der Waals surface area contributed by atoms with Crippen molar-refractivity contribution < 1.29 is 14.9 Å². The van der Waals surface area contributed by atoms with Gasteiger partial charge < -0.3 is 20.7 Å². The first-order valence-electron chi connectivity index (χ1n) is 7.89. The van der Waals surface area contributed by atoms with Crippen LogP contribution in [0.1, 0.15) is 44.2 Å². The van der Waals surface area contributed by atoms with E-state index in [1.165, 1.54) is 11.1 Å². The fourth-order valence-corrected chi connectivity index (χ4v) is 3.65. The zero-order valence-corrected chi connectivity index (χ0v) is 13.0. The molecular formula is C17H27NO3. The van der Waals surface area contributed by atoms with Crippen molar-refractivity contribution in [2.45, 2.75) is 57.1 Å². The summed E-state index contributed by atoms with van der Waals surface area (Å²) in [5.74, 6) is 0.298. The lowest BCUT2D eigenvalue weighted by molar-refractivity contribution is -0.000342. The van der Waals surface area contributed by atoms with E-state index in [1.807, 2.05) is 12.1 Å². The van der Waals surface area contributed by atoms with E-state index in [4.69, 9.17) is 15.6 Å². The molecule has 0 saturated carbocycles. The maximum atomic E-state index is 9.84. The van der Waals surface area contributed by atoms with E-state index < -0.39 is 0 Å². The molecule has 0 fully saturated rings. The molecule has 2 rings (SSSR count). The second-order valence-electron chi connectivity index (χ2n) is 5.92. The fourth-order valence-electron chi connectivity index (χ4n) is 3.65. The number of hydrogen-bond donors (Lipinski definition) is 3. The average molecular weight is 293 g/mol. The lowest BCUT2D eigenvalue weighted by Gasteiger charge is -2.47. The molecule has 0 aliphatic heterocycles. The summed E-state index contributed by atoms with van der Waals surface area (Å²) in [6.45, 7) is 4.96. The van der Waals surface area contributed by atoms with Crippen LogP contribution in [0.3, 0.4) is 0 Å². The van der Waals surface area contributed by atoms with Gasteiger partial charge in [-0.15, -0.1) is 0 Å². The van der Waals surface area contributed by atoms with Crippen LogP contribution in [0.25, 0.3) is 0 Å². The standard InChI is InChI=1S/C17H27NO3/c1-3-17(4-2)14-11-13(20)7-6-12(14)10-15(16(17)18)21-9-5-8-19/h6-7,11,15-16,19-20H,3-5,8-10,18H2,1-2H3/t15-,16+/m1/s1. The number of phenolic OH excluding ortho intramolecular Hbond substituents is 1. The van der Waals surface area contributed by atoms with Gasteiger partial charge in [-0.2, -0.15) is 0 Å². The van der Waals surface area contributed by atoms with Crippen LogP contribution in [0.2, 0.25) is 0 Å². The number of aliphatic hydroxyl groups excluding tert-OH is 1. The predicted molar refractivity (Wildman–Crippen MR) is 83.5 cm³/mol. The van der Waals surface area contributed by atoms with Gasteiger partial charge in [0.05, 0.1) is 6.10 Å². The molecule has 4 heteroatoms. The Labute approximate surface area is 126 Å². The van der Waals surface area contributed by atoms with Crippen molar-refractivity contribution in [3.05, 3.63) is 29.3 Å². The first kappa shape index (κ1) is 16.3. The molecule has 0 spiro atoms. The van der Waals surface area contributed by atoms with E-state index >= 15 is 0 Å². The number of hydrogen-bond acceptors (Lipinski definition) is 4. The third kappa shape index (κ3) is 2.93. The van der Waals surface area contributed by atoms with Crippen molar-refractivity contribution in [1.82, 2.24) is 0 Å². The van der Waals surface area contributed by atoms with Crippen molar-refractivity contribution in [1.29, 1.82) is 0 Å². The highest BCUT2D eigenvalue weighted by Gasteiger charge is 2.45. The van der Waals surface area contributed by atoms with Crippen molar-refractivity contribution in [3.63, 3.8) is 0 Å². The number of aromatic hydroxyl groups is 1. The van der Waals surface area contributed by atoms with Crippen LogP contribution in [0, 0.1) is 0 Å². The lowest BCUT2D eigenvalue weighted by atomic mass is 9.63. The number of aliphatic hydroxyl groups is 1. The van der Waals surface area contributed by atoms with Gasteiger partial charge >= 0.3 is 0 Å². The smallest absolute Gasteiger partial charge is 0.115 e. The molecule has 2 atom stereocenters. The molecule has 21 heavy (non-hydrogen) atoms. The van der Waals surface area contributed by atoms with Crippen LogP contribution in [0.4, 0.5) is 0 Å². The SMILES string of the molecule is CCC1(CC)c2cc(O)ccc2C[C@@H](OCCCO)[C@@H]1N. The van der Waals surface area contributed by atoms with Crippen LogP contribution in [-0.2, 0) is 16.6 Å². The monoisotopic (exact) mass is 293 g/mol. The summed E-state index contributed by atoms with van der Waals surface area (Å²) < 4.78 is 5.93. The Balaban J connectivity index is 2.36. The number of benzene rings is 1. The summed E-state index contributed by atoms with van der Waals surface area (Å²) in [4.78, 5) is 0. The zero-order chi connectivity index (χ0) is 15.5.